The highest BCUT2D eigenvalue weighted by molar-refractivity contribution is 7.21. The van der Waals surface area contributed by atoms with Crippen LogP contribution in [0.3, 0.4) is 0 Å². The van der Waals surface area contributed by atoms with Gasteiger partial charge in [-0.3, -0.25) is 14.4 Å². The van der Waals surface area contributed by atoms with E-state index in [4.69, 9.17) is 16.7 Å². The van der Waals surface area contributed by atoms with Gasteiger partial charge in [0.25, 0.3) is 5.91 Å². The Morgan fingerprint density at radius 1 is 1.32 bits per heavy atom. The lowest BCUT2D eigenvalue weighted by molar-refractivity contribution is -0.145. The van der Waals surface area contributed by atoms with Gasteiger partial charge in [0.2, 0.25) is 5.91 Å². The van der Waals surface area contributed by atoms with Crippen molar-refractivity contribution < 1.29 is 19.5 Å². The van der Waals surface area contributed by atoms with Crippen LogP contribution < -0.4 is 5.32 Å². The minimum Gasteiger partial charge on any atom is -0.481 e. The highest BCUT2D eigenvalue weighted by atomic mass is 35.5. The zero-order valence-corrected chi connectivity index (χ0v) is 14.9. The van der Waals surface area contributed by atoms with Gasteiger partial charge in [-0.2, -0.15) is 0 Å². The van der Waals surface area contributed by atoms with Crippen molar-refractivity contribution in [2.75, 3.05) is 19.6 Å². The number of hydrogen-bond acceptors (Lipinski definition) is 4. The molecule has 1 unspecified atom stereocenters. The second-order valence-electron chi connectivity index (χ2n) is 5.94. The van der Waals surface area contributed by atoms with E-state index in [1.165, 1.54) is 16.2 Å². The van der Waals surface area contributed by atoms with Crippen molar-refractivity contribution in [1.29, 1.82) is 0 Å². The predicted molar refractivity (Wildman–Crippen MR) is 96.1 cm³/mol. The first-order chi connectivity index (χ1) is 12.0. The van der Waals surface area contributed by atoms with Crippen molar-refractivity contribution in [3.05, 3.63) is 34.2 Å². The first kappa shape index (κ1) is 17.7. The number of benzene rings is 1. The summed E-state index contributed by atoms with van der Waals surface area (Å²) in [7, 11) is 0. The smallest absolute Gasteiger partial charge is 0.308 e. The van der Waals surface area contributed by atoms with Crippen molar-refractivity contribution in [2.45, 2.75) is 12.8 Å². The zero-order valence-electron chi connectivity index (χ0n) is 13.3. The van der Waals surface area contributed by atoms with Crippen LogP contribution in [-0.4, -0.2) is 47.4 Å². The van der Waals surface area contributed by atoms with Crippen LogP contribution in [0.1, 0.15) is 22.5 Å². The third-order valence-corrected chi connectivity index (χ3v) is 5.94. The van der Waals surface area contributed by atoms with E-state index in [2.05, 4.69) is 5.32 Å². The molecule has 0 aliphatic carbocycles. The minimum atomic E-state index is -0.890. The molecule has 2 heterocycles. The number of nitrogens with one attached hydrogen (secondary N) is 1. The summed E-state index contributed by atoms with van der Waals surface area (Å²) in [6.07, 6.45) is 1.22. The number of halogens is 1. The number of piperidine rings is 1. The number of likely N-dealkylation sites (tertiary alicyclic amines) is 1. The van der Waals surface area contributed by atoms with Gasteiger partial charge in [0.15, 0.2) is 0 Å². The first-order valence-corrected chi connectivity index (χ1v) is 9.12. The molecule has 2 aromatic rings. The summed E-state index contributed by atoms with van der Waals surface area (Å²) < 4.78 is 0.907. The second-order valence-corrected chi connectivity index (χ2v) is 7.37. The molecule has 1 aliphatic heterocycles. The molecular weight excluding hydrogens is 364 g/mol. The van der Waals surface area contributed by atoms with Gasteiger partial charge in [-0.1, -0.05) is 29.8 Å². The molecule has 1 saturated heterocycles. The molecule has 1 aliphatic rings. The third-order valence-electron chi connectivity index (χ3n) is 4.26. The van der Waals surface area contributed by atoms with Crippen molar-refractivity contribution in [2.24, 2.45) is 5.92 Å². The molecule has 8 heteroatoms. The van der Waals surface area contributed by atoms with E-state index in [1.54, 1.807) is 0 Å². The number of nitrogens with zero attached hydrogens (tertiary/aromatic N) is 1. The highest BCUT2D eigenvalue weighted by Gasteiger charge is 2.28. The van der Waals surface area contributed by atoms with Crippen LogP contribution in [0, 0.1) is 5.92 Å². The molecule has 1 atom stereocenters. The fourth-order valence-corrected chi connectivity index (χ4v) is 4.35. The Morgan fingerprint density at radius 2 is 2.08 bits per heavy atom. The molecule has 1 fully saturated rings. The molecule has 0 spiro atoms. The Bertz CT molecular complexity index is 835. The van der Waals surface area contributed by atoms with Gasteiger partial charge < -0.3 is 15.3 Å². The Morgan fingerprint density at radius 3 is 2.80 bits per heavy atom. The monoisotopic (exact) mass is 380 g/mol. The number of carbonyl (C=O) groups excluding carboxylic acids is 2. The Labute approximate surface area is 153 Å². The lowest BCUT2D eigenvalue weighted by Crippen LogP contribution is -2.46. The minimum absolute atomic E-state index is 0.171. The molecule has 6 nitrogen and oxygen atoms in total. The molecule has 132 valence electrons. The maximum absolute atomic E-state index is 12.3. The largest absolute Gasteiger partial charge is 0.481 e. The van der Waals surface area contributed by atoms with Crippen LogP contribution in [-0.2, 0) is 9.59 Å². The van der Waals surface area contributed by atoms with Gasteiger partial charge in [-0.05, 0) is 18.9 Å². The zero-order chi connectivity index (χ0) is 18.0. The molecule has 0 saturated carbocycles. The van der Waals surface area contributed by atoms with Gasteiger partial charge in [0.1, 0.15) is 4.88 Å². The first-order valence-electron chi connectivity index (χ1n) is 7.93. The summed E-state index contributed by atoms with van der Waals surface area (Å²) in [5.74, 6) is -2.10. The number of thiophene rings is 1. The van der Waals surface area contributed by atoms with E-state index < -0.39 is 17.8 Å². The number of carboxylic acid groups (broad SMARTS) is 1. The summed E-state index contributed by atoms with van der Waals surface area (Å²) >= 11 is 7.54. The Balaban J connectivity index is 1.62. The summed E-state index contributed by atoms with van der Waals surface area (Å²) in [4.78, 5) is 37.5. The van der Waals surface area contributed by atoms with E-state index in [0.29, 0.717) is 29.3 Å². The number of hydrogen-bond donors (Lipinski definition) is 2. The SMILES string of the molecule is O=C(NCC(=O)N1CCCC(C(=O)O)C1)c1sc2ccccc2c1Cl. The molecule has 2 amide bonds. The topological polar surface area (TPSA) is 86.7 Å². The standard InChI is InChI=1S/C17H17ClN2O4S/c18-14-11-5-1-2-6-12(11)25-15(14)16(22)19-8-13(21)20-7-3-4-10(9-20)17(23)24/h1-2,5-6,10H,3-4,7-9H2,(H,19,22)(H,23,24). The van der Waals surface area contributed by atoms with Gasteiger partial charge >= 0.3 is 5.97 Å². The van der Waals surface area contributed by atoms with E-state index in [9.17, 15) is 14.4 Å². The number of amides is 2. The number of carbonyl (C=O) groups is 3. The normalized spacial score (nSPS) is 17.5. The average Bonchev–Trinajstić information content (AvgIpc) is 2.96. The Hall–Kier alpha value is -2.12. The number of carboxylic acids is 1. The maximum atomic E-state index is 12.3. The van der Waals surface area contributed by atoms with Crippen LogP contribution in [0.25, 0.3) is 10.1 Å². The molecule has 0 radical (unpaired) electrons. The van der Waals surface area contributed by atoms with Crippen molar-refractivity contribution in [3.63, 3.8) is 0 Å². The molecular formula is C17H17ClN2O4S. The summed E-state index contributed by atoms with van der Waals surface area (Å²) in [5.41, 5.74) is 0. The van der Waals surface area contributed by atoms with E-state index in [-0.39, 0.29) is 19.0 Å². The van der Waals surface area contributed by atoms with Gasteiger partial charge in [-0.25, -0.2) is 0 Å². The number of aliphatic carboxylic acids is 1. The lowest BCUT2D eigenvalue weighted by Gasteiger charge is -2.30. The van der Waals surface area contributed by atoms with Crippen molar-refractivity contribution >= 4 is 50.8 Å². The highest BCUT2D eigenvalue weighted by Crippen LogP contribution is 2.34. The van der Waals surface area contributed by atoms with Gasteiger partial charge in [0.05, 0.1) is 17.5 Å². The molecule has 3 rings (SSSR count). The van der Waals surface area contributed by atoms with E-state index in [1.807, 2.05) is 24.3 Å². The second kappa shape index (κ2) is 7.41. The summed E-state index contributed by atoms with van der Waals surface area (Å²) in [6, 6.07) is 7.44. The van der Waals surface area contributed by atoms with E-state index >= 15 is 0 Å². The van der Waals surface area contributed by atoms with Gasteiger partial charge in [0, 0.05) is 23.2 Å². The molecule has 25 heavy (non-hydrogen) atoms. The molecule has 1 aromatic heterocycles. The van der Waals surface area contributed by atoms with E-state index in [0.717, 1.165) is 10.1 Å². The van der Waals surface area contributed by atoms with Gasteiger partial charge in [-0.15, -0.1) is 11.3 Å². The van der Waals surface area contributed by atoms with Crippen LogP contribution in [0.5, 0.6) is 0 Å². The fourth-order valence-electron chi connectivity index (χ4n) is 2.91. The maximum Gasteiger partial charge on any atom is 0.308 e. The van der Waals surface area contributed by atoms with Crippen LogP contribution in [0.15, 0.2) is 24.3 Å². The van der Waals surface area contributed by atoms with Crippen LogP contribution >= 0.6 is 22.9 Å². The summed E-state index contributed by atoms with van der Waals surface area (Å²) in [6.45, 7) is 0.533. The van der Waals surface area contributed by atoms with Crippen LogP contribution in [0.4, 0.5) is 0 Å². The number of fused-ring (bicyclic) bond motifs is 1. The van der Waals surface area contributed by atoms with Crippen molar-refractivity contribution in [1.82, 2.24) is 10.2 Å². The quantitative estimate of drug-likeness (QED) is 0.853. The van der Waals surface area contributed by atoms with Crippen molar-refractivity contribution in [3.8, 4) is 0 Å². The summed E-state index contributed by atoms with van der Waals surface area (Å²) in [5, 5.41) is 12.9. The average molecular weight is 381 g/mol. The molecule has 1 aromatic carbocycles. The number of rotatable bonds is 4. The Kier molecular flexibility index (Phi) is 5.24. The third kappa shape index (κ3) is 3.77. The lowest BCUT2D eigenvalue weighted by atomic mass is 9.98. The fraction of sp³-hybridized carbons (Fsp3) is 0.353. The molecule has 0 bridgehead atoms. The predicted octanol–water partition coefficient (Wildman–Crippen LogP) is 2.61. The molecule has 2 N–H and O–H groups in total. The van der Waals surface area contributed by atoms with Crippen LogP contribution in [0.2, 0.25) is 5.02 Å².